The summed E-state index contributed by atoms with van der Waals surface area (Å²) in [6.45, 7) is 3.49. The van der Waals surface area contributed by atoms with E-state index >= 15 is 0 Å². The van der Waals surface area contributed by atoms with Gasteiger partial charge in [0.2, 0.25) is 5.91 Å². The number of rotatable bonds is 64. The summed E-state index contributed by atoms with van der Waals surface area (Å²) in [6.07, 6.45) is 70.6. The fourth-order valence-electron chi connectivity index (χ4n) is 11.7. The van der Waals surface area contributed by atoms with Crippen molar-refractivity contribution in [3.8, 4) is 0 Å². The Labute approximate surface area is 523 Å². The Bertz CT molecular complexity index is 1520. The molecular weight excluding hydrogens is 1060 g/mol. The van der Waals surface area contributed by atoms with Crippen LogP contribution in [0.25, 0.3) is 0 Å². The number of aliphatic hydroxyl groups is 7. The fourth-order valence-corrected chi connectivity index (χ4v) is 11.7. The second kappa shape index (κ2) is 62.3. The van der Waals surface area contributed by atoms with Gasteiger partial charge < -0.3 is 50.5 Å². The maximum Gasteiger partial charge on any atom is 0.249 e. The molecule has 0 bridgehead atoms. The van der Waals surface area contributed by atoms with Crippen LogP contribution in [0, 0.1) is 0 Å². The standard InChI is InChI=1S/C74H139NO10/c1-3-5-7-9-11-13-15-17-19-21-23-25-27-29-31-32-33-34-35-36-38-40-42-44-46-48-50-52-54-56-58-60-62-67(78)73(83)75-65(64-84-74-72(82)71(81)70(80)68(63-76)85-74)69(79)66(77)61-59-57-55-53-51-49-47-45-43-41-39-37-30-28-26-24-22-20-18-16-14-12-10-8-6-4-2/h29,31,37,39,45,47,53,55,65-72,74,76-82H,3-28,30,32-36,38,40-44,46,48-52,54,56-64H2,1-2H3,(H,75,83)/b31-29-,39-37+,47-45+,55-53+. The zero-order valence-corrected chi connectivity index (χ0v) is 55.4. The maximum absolute atomic E-state index is 13.3. The number of unbranched alkanes of at least 4 members (excludes halogenated alkanes) is 44. The zero-order valence-electron chi connectivity index (χ0n) is 55.4. The molecule has 11 nitrogen and oxygen atoms in total. The largest absolute Gasteiger partial charge is 0.394 e. The van der Waals surface area contributed by atoms with Crippen LogP contribution in [0.3, 0.4) is 0 Å². The van der Waals surface area contributed by atoms with E-state index in [9.17, 15) is 40.5 Å². The van der Waals surface area contributed by atoms with E-state index in [0.717, 1.165) is 44.9 Å². The Morgan fingerprint density at radius 3 is 1.05 bits per heavy atom. The van der Waals surface area contributed by atoms with Gasteiger partial charge in [-0.1, -0.05) is 306 Å². The molecule has 0 aromatic heterocycles. The summed E-state index contributed by atoms with van der Waals surface area (Å²) in [6, 6.07) is -1.20. The smallest absolute Gasteiger partial charge is 0.249 e. The van der Waals surface area contributed by atoms with Crippen LogP contribution >= 0.6 is 0 Å². The Hall–Kier alpha value is -1.93. The van der Waals surface area contributed by atoms with Crippen LogP contribution in [0.2, 0.25) is 0 Å². The Balaban J connectivity index is 2.21. The van der Waals surface area contributed by atoms with Gasteiger partial charge in [0.05, 0.1) is 25.4 Å². The summed E-state index contributed by atoms with van der Waals surface area (Å²) in [5.74, 6) is -0.708. The highest BCUT2D eigenvalue weighted by Crippen LogP contribution is 2.24. The number of allylic oxidation sites excluding steroid dienone is 8. The third-order valence-corrected chi connectivity index (χ3v) is 17.6. The van der Waals surface area contributed by atoms with E-state index in [-0.39, 0.29) is 12.8 Å². The van der Waals surface area contributed by atoms with E-state index in [0.29, 0.717) is 19.3 Å². The number of amides is 1. The Morgan fingerprint density at radius 2 is 0.706 bits per heavy atom. The molecule has 1 saturated heterocycles. The van der Waals surface area contributed by atoms with Crippen molar-refractivity contribution < 1.29 is 50.0 Å². The molecule has 0 aromatic rings. The summed E-state index contributed by atoms with van der Waals surface area (Å²) < 4.78 is 11.2. The summed E-state index contributed by atoms with van der Waals surface area (Å²) >= 11 is 0. The molecule has 0 spiro atoms. The minimum absolute atomic E-state index is 0.242. The lowest BCUT2D eigenvalue weighted by Crippen LogP contribution is -2.60. The molecule has 0 aliphatic carbocycles. The molecule has 1 amide bonds. The molecule has 1 aliphatic heterocycles. The SMILES string of the molecule is CCCCCCCCCCCCCC/C=C\CCCCCCCCCCCCCCCCCCC(O)C(=O)NC(COC1OC(CO)C(O)C(O)C1O)C(O)C(O)CCC/C=C/CC/C=C/CC/C=C/CCCCCCCCCCCCCCC. The molecule has 9 atom stereocenters. The molecule has 500 valence electrons. The minimum Gasteiger partial charge on any atom is -0.394 e. The number of hydrogen-bond acceptors (Lipinski definition) is 10. The Kier molecular flexibility index (Phi) is 59.4. The van der Waals surface area contributed by atoms with Crippen molar-refractivity contribution in [1.82, 2.24) is 5.32 Å². The topological polar surface area (TPSA) is 189 Å². The van der Waals surface area contributed by atoms with Crippen molar-refractivity contribution in [3.05, 3.63) is 48.6 Å². The third-order valence-electron chi connectivity index (χ3n) is 17.6. The van der Waals surface area contributed by atoms with Gasteiger partial charge in [0.1, 0.15) is 36.6 Å². The third kappa shape index (κ3) is 49.5. The molecule has 0 radical (unpaired) electrons. The highest BCUT2D eigenvalue weighted by molar-refractivity contribution is 5.80. The van der Waals surface area contributed by atoms with Crippen LogP contribution in [-0.4, -0.2) is 110 Å². The monoisotopic (exact) mass is 1200 g/mol. The predicted octanol–water partition coefficient (Wildman–Crippen LogP) is 17.9. The first-order chi connectivity index (χ1) is 41.7. The summed E-state index contributed by atoms with van der Waals surface area (Å²) in [7, 11) is 0. The molecule has 0 saturated carbocycles. The average Bonchev–Trinajstić information content (AvgIpc) is 3.51. The molecule has 0 aromatic carbocycles. The molecule has 1 fully saturated rings. The van der Waals surface area contributed by atoms with E-state index in [4.69, 9.17) is 9.47 Å². The molecule has 9 unspecified atom stereocenters. The molecule has 1 rings (SSSR count). The summed E-state index contributed by atoms with van der Waals surface area (Å²) in [5.41, 5.74) is 0. The van der Waals surface area contributed by atoms with Crippen LogP contribution in [0.4, 0.5) is 0 Å². The molecule has 85 heavy (non-hydrogen) atoms. The second-order valence-electron chi connectivity index (χ2n) is 25.6. The van der Waals surface area contributed by atoms with Crippen molar-refractivity contribution in [3.63, 3.8) is 0 Å². The average molecular weight is 1200 g/mol. The Morgan fingerprint density at radius 1 is 0.400 bits per heavy atom. The molecule has 1 heterocycles. The van der Waals surface area contributed by atoms with E-state index in [2.05, 4.69) is 67.8 Å². The number of aliphatic hydroxyl groups excluding tert-OH is 7. The molecular formula is C74H139NO10. The highest BCUT2D eigenvalue weighted by Gasteiger charge is 2.44. The first-order valence-corrected chi connectivity index (χ1v) is 36.5. The fraction of sp³-hybridized carbons (Fsp3) is 0.878. The van der Waals surface area contributed by atoms with E-state index in [1.165, 1.54) is 257 Å². The second-order valence-corrected chi connectivity index (χ2v) is 25.6. The first-order valence-electron chi connectivity index (χ1n) is 36.5. The lowest BCUT2D eigenvalue weighted by molar-refractivity contribution is -0.303. The number of carbonyl (C=O) groups is 1. The molecule has 11 heteroatoms. The molecule has 1 aliphatic rings. The van der Waals surface area contributed by atoms with Gasteiger partial charge in [0, 0.05) is 0 Å². The lowest BCUT2D eigenvalue weighted by atomic mass is 9.98. The predicted molar refractivity (Wildman–Crippen MR) is 358 cm³/mol. The van der Waals surface area contributed by atoms with Crippen LogP contribution < -0.4 is 5.32 Å². The van der Waals surface area contributed by atoms with E-state index in [1.54, 1.807) is 0 Å². The van der Waals surface area contributed by atoms with Gasteiger partial charge in [-0.2, -0.15) is 0 Å². The van der Waals surface area contributed by atoms with Crippen molar-refractivity contribution in [1.29, 1.82) is 0 Å². The maximum atomic E-state index is 13.3. The quantitative estimate of drug-likeness (QED) is 0.0215. The van der Waals surface area contributed by atoms with Crippen LogP contribution in [0.5, 0.6) is 0 Å². The van der Waals surface area contributed by atoms with Crippen molar-refractivity contribution in [2.24, 2.45) is 0 Å². The van der Waals surface area contributed by atoms with E-state index in [1.807, 2.05) is 0 Å². The van der Waals surface area contributed by atoms with Gasteiger partial charge in [-0.3, -0.25) is 4.79 Å². The van der Waals surface area contributed by atoms with Crippen LogP contribution in [0.1, 0.15) is 348 Å². The van der Waals surface area contributed by atoms with Crippen molar-refractivity contribution >= 4 is 5.91 Å². The number of carbonyl (C=O) groups excluding carboxylic acids is 1. The number of hydrogen-bond donors (Lipinski definition) is 8. The minimum atomic E-state index is -1.67. The van der Waals surface area contributed by atoms with E-state index < -0.39 is 74.2 Å². The van der Waals surface area contributed by atoms with Crippen LogP contribution in [-0.2, 0) is 14.3 Å². The van der Waals surface area contributed by atoms with Gasteiger partial charge >= 0.3 is 0 Å². The number of nitrogens with one attached hydrogen (secondary N) is 1. The van der Waals surface area contributed by atoms with Crippen molar-refractivity contribution in [2.75, 3.05) is 13.2 Å². The summed E-state index contributed by atoms with van der Waals surface area (Å²) in [4.78, 5) is 13.3. The molecule has 8 N–H and O–H groups in total. The summed E-state index contributed by atoms with van der Waals surface area (Å²) in [5, 5.41) is 76.5. The van der Waals surface area contributed by atoms with Gasteiger partial charge in [0.15, 0.2) is 6.29 Å². The van der Waals surface area contributed by atoms with Crippen molar-refractivity contribution in [2.45, 2.75) is 403 Å². The first kappa shape index (κ1) is 81.1. The van der Waals surface area contributed by atoms with Crippen LogP contribution in [0.15, 0.2) is 48.6 Å². The highest BCUT2D eigenvalue weighted by atomic mass is 16.7. The van der Waals surface area contributed by atoms with Gasteiger partial charge in [-0.15, -0.1) is 0 Å². The zero-order chi connectivity index (χ0) is 61.7. The van der Waals surface area contributed by atoms with Gasteiger partial charge in [0.25, 0.3) is 0 Å². The van der Waals surface area contributed by atoms with Gasteiger partial charge in [-0.25, -0.2) is 0 Å². The number of ether oxygens (including phenoxy) is 2. The van der Waals surface area contributed by atoms with Gasteiger partial charge in [-0.05, 0) is 89.9 Å². The normalized spacial score (nSPS) is 19.1. The lowest BCUT2D eigenvalue weighted by Gasteiger charge is -2.40.